The SMILES string of the molecule is CC1(/C=C/N)CC(O)C(C)(C)CO1. The van der Waals surface area contributed by atoms with Crippen molar-refractivity contribution in [2.24, 2.45) is 11.1 Å². The van der Waals surface area contributed by atoms with Gasteiger partial charge in [0.1, 0.15) is 0 Å². The first-order valence-corrected chi connectivity index (χ1v) is 4.61. The second kappa shape index (κ2) is 3.31. The Morgan fingerprint density at radius 1 is 1.46 bits per heavy atom. The Balaban J connectivity index is 2.70. The Morgan fingerprint density at radius 3 is 2.54 bits per heavy atom. The molecule has 1 heterocycles. The highest BCUT2D eigenvalue weighted by atomic mass is 16.5. The summed E-state index contributed by atoms with van der Waals surface area (Å²) >= 11 is 0. The number of nitrogens with two attached hydrogens (primary N) is 1. The van der Waals surface area contributed by atoms with Crippen LogP contribution in [0.15, 0.2) is 12.3 Å². The molecule has 1 fully saturated rings. The van der Waals surface area contributed by atoms with E-state index < -0.39 is 5.60 Å². The van der Waals surface area contributed by atoms with Crippen molar-refractivity contribution in [3.05, 3.63) is 12.3 Å². The molecular formula is C10H19NO2. The molecule has 2 unspecified atom stereocenters. The van der Waals surface area contributed by atoms with E-state index in [0.29, 0.717) is 13.0 Å². The zero-order valence-electron chi connectivity index (χ0n) is 8.58. The maximum absolute atomic E-state index is 9.84. The minimum atomic E-state index is -0.399. The average molecular weight is 185 g/mol. The normalized spacial score (nSPS) is 39.5. The lowest BCUT2D eigenvalue weighted by Crippen LogP contribution is -2.48. The van der Waals surface area contributed by atoms with Crippen LogP contribution in [0.5, 0.6) is 0 Å². The Bertz CT molecular complexity index is 213. The molecule has 0 radical (unpaired) electrons. The molecule has 1 saturated heterocycles. The summed E-state index contributed by atoms with van der Waals surface area (Å²) in [5.41, 5.74) is 4.77. The zero-order valence-corrected chi connectivity index (χ0v) is 8.58. The highest BCUT2D eigenvalue weighted by Crippen LogP contribution is 2.36. The predicted octanol–water partition coefficient (Wildman–Crippen LogP) is 1.02. The van der Waals surface area contributed by atoms with Gasteiger partial charge in [-0.15, -0.1) is 0 Å². The summed E-state index contributed by atoms with van der Waals surface area (Å²) in [6.45, 7) is 6.51. The first kappa shape index (κ1) is 10.5. The van der Waals surface area contributed by atoms with Crippen LogP contribution in [0.4, 0.5) is 0 Å². The van der Waals surface area contributed by atoms with E-state index in [9.17, 15) is 5.11 Å². The second-order valence-corrected chi connectivity index (χ2v) is 4.67. The molecule has 3 nitrogen and oxygen atoms in total. The monoisotopic (exact) mass is 185 g/mol. The minimum Gasteiger partial charge on any atom is -0.405 e. The van der Waals surface area contributed by atoms with Crippen LogP contribution >= 0.6 is 0 Å². The molecule has 0 aromatic carbocycles. The number of aliphatic hydroxyl groups excluding tert-OH is 1. The predicted molar refractivity (Wildman–Crippen MR) is 52.1 cm³/mol. The van der Waals surface area contributed by atoms with Crippen molar-refractivity contribution in [1.29, 1.82) is 0 Å². The van der Waals surface area contributed by atoms with E-state index in [-0.39, 0.29) is 11.5 Å². The van der Waals surface area contributed by atoms with Gasteiger partial charge in [-0.05, 0) is 19.2 Å². The number of rotatable bonds is 1. The van der Waals surface area contributed by atoms with Crippen LogP contribution in [0.25, 0.3) is 0 Å². The van der Waals surface area contributed by atoms with Gasteiger partial charge in [0, 0.05) is 11.8 Å². The fourth-order valence-corrected chi connectivity index (χ4v) is 1.49. The third-order valence-electron chi connectivity index (χ3n) is 2.72. The van der Waals surface area contributed by atoms with Crippen molar-refractivity contribution in [2.45, 2.75) is 38.9 Å². The third kappa shape index (κ3) is 2.23. The molecule has 1 rings (SSSR count). The summed E-state index contributed by atoms with van der Waals surface area (Å²) in [6, 6.07) is 0. The van der Waals surface area contributed by atoms with Crippen molar-refractivity contribution >= 4 is 0 Å². The largest absolute Gasteiger partial charge is 0.405 e. The lowest BCUT2D eigenvalue weighted by atomic mass is 9.78. The lowest BCUT2D eigenvalue weighted by molar-refractivity contribution is -0.147. The van der Waals surface area contributed by atoms with Crippen molar-refractivity contribution < 1.29 is 9.84 Å². The van der Waals surface area contributed by atoms with Crippen LogP contribution < -0.4 is 5.73 Å². The quantitative estimate of drug-likeness (QED) is 0.641. The summed E-state index contributed by atoms with van der Waals surface area (Å²) in [7, 11) is 0. The molecule has 0 aromatic heterocycles. The van der Waals surface area contributed by atoms with Gasteiger partial charge in [0.2, 0.25) is 0 Å². The molecule has 0 aliphatic carbocycles. The van der Waals surface area contributed by atoms with E-state index in [1.807, 2.05) is 20.8 Å². The van der Waals surface area contributed by atoms with Gasteiger partial charge in [-0.3, -0.25) is 0 Å². The molecule has 3 N–H and O–H groups in total. The highest BCUT2D eigenvalue weighted by Gasteiger charge is 2.40. The summed E-state index contributed by atoms with van der Waals surface area (Å²) in [4.78, 5) is 0. The van der Waals surface area contributed by atoms with Gasteiger partial charge < -0.3 is 15.6 Å². The van der Waals surface area contributed by atoms with Gasteiger partial charge in [-0.1, -0.05) is 13.8 Å². The Kier molecular flexibility index (Phi) is 2.68. The molecule has 1 aliphatic heterocycles. The Hall–Kier alpha value is -0.540. The van der Waals surface area contributed by atoms with Gasteiger partial charge in [-0.2, -0.15) is 0 Å². The van der Waals surface area contributed by atoms with Crippen LogP contribution in [0.3, 0.4) is 0 Å². The number of hydrogen-bond donors (Lipinski definition) is 2. The topological polar surface area (TPSA) is 55.5 Å². The van der Waals surface area contributed by atoms with Gasteiger partial charge in [0.15, 0.2) is 0 Å². The summed E-state index contributed by atoms with van der Waals surface area (Å²) in [5.74, 6) is 0. The molecule has 76 valence electrons. The zero-order chi connectivity index (χ0) is 10.1. The number of aliphatic hydroxyl groups is 1. The van der Waals surface area contributed by atoms with Crippen LogP contribution in [-0.2, 0) is 4.74 Å². The van der Waals surface area contributed by atoms with Crippen molar-refractivity contribution in [3.8, 4) is 0 Å². The fourth-order valence-electron chi connectivity index (χ4n) is 1.49. The van der Waals surface area contributed by atoms with Gasteiger partial charge in [0.25, 0.3) is 0 Å². The summed E-state index contributed by atoms with van der Waals surface area (Å²) in [5, 5.41) is 9.84. The molecule has 13 heavy (non-hydrogen) atoms. The minimum absolute atomic E-state index is 0.151. The van der Waals surface area contributed by atoms with E-state index in [1.165, 1.54) is 6.20 Å². The maximum atomic E-state index is 9.84. The highest BCUT2D eigenvalue weighted by molar-refractivity contribution is 5.03. The molecule has 0 amide bonds. The molecule has 0 saturated carbocycles. The second-order valence-electron chi connectivity index (χ2n) is 4.67. The fraction of sp³-hybridized carbons (Fsp3) is 0.800. The number of hydrogen-bond acceptors (Lipinski definition) is 3. The molecule has 1 aliphatic rings. The van der Waals surface area contributed by atoms with Crippen molar-refractivity contribution in [3.63, 3.8) is 0 Å². The van der Waals surface area contributed by atoms with Crippen LogP contribution in [0.2, 0.25) is 0 Å². The standard InChI is InChI=1S/C10H19NO2/c1-9(2)7-13-10(3,4-5-11)6-8(9)12/h4-5,8,12H,6-7,11H2,1-3H3/b5-4+. The van der Waals surface area contributed by atoms with E-state index in [4.69, 9.17) is 10.5 Å². The van der Waals surface area contributed by atoms with E-state index >= 15 is 0 Å². The summed E-state index contributed by atoms with van der Waals surface area (Å²) in [6.07, 6.45) is 3.55. The Morgan fingerprint density at radius 2 is 2.08 bits per heavy atom. The smallest absolute Gasteiger partial charge is 0.0876 e. The van der Waals surface area contributed by atoms with Crippen LogP contribution in [0.1, 0.15) is 27.2 Å². The maximum Gasteiger partial charge on any atom is 0.0876 e. The van der Waals surface area contributed by atoms with E-state index in [2.05, 4.69) is 0 Å². The third-order valence-corrected chi connectivity index (χ3v) is 2.72. The molecule has 0 bridgehead atoms. The van der Waals surface area contributed by atoms with E-state index in [1.54, 1.807) is 6.08 Å². The molecule has 3 heteroatoms. The summed E-state index contributed by atoms with van der Waals surface area (Å²) < 4.78 is 5.66. The first-order chi connectivity index (χ1) is 5.90. The van der Waals surface area contributed by atoms with E-state index in [0.717, 1.165) is 0 Å². The van der Waals surface area contributed by atoms with Crippen molar-refractivity contribution in [2.75, 3.05) is 6.61 Å². The number of ether oxygens (including phenoxy) is 1. The van der Waals surface area contributed by atoms with Gasteiger partial charge in [0.05, 0.1) is 18.3 Å². The van der Waals surface area contributed by atoms with Crippen LogP contribution in [-0.4, -0.2) is 23.4 Å². The molecule has 0 aromatic rings. The van der Waals surface area contributed by atoms with Gasteiger partial charge >= 0.3 is 0 Å². The van der Waals surface area contributed by atoms with Gasteiger partial charge in [-0.25, -0.2) is 0 Å². The molecule has 0 spiro atoms. The average Bonchev–Trinajstić information content (AvgIpc) is 1.99. The van der Waals surface area contributed by atoms with Crippen molar-refractivity contribution in [1.82, 2.24) is 0 Å². The lowest BCUT2D eigenvalue weighted by Gasteiger charge is -2.43. The Labute approximate surface area is 79.6 Å². The molecule has 2 atom stereocenters. The van der Waals surface area contributed by atoms with Crippen LogP contribution in [0, 0.1) is 5.41 Å². The molecular weight excluding hydrogens is 166 g/mol. The first-order valence-electron chi connectivity index (χ1n) is 4.61.